The lowest BCUT2D eigenvalue weighted by Gasteiger charge is -2.17. The number of nitrogens with one attached hydrogen (secondary N) is 1. The van der Waals surface area contributed by atoms with Crippen molar-refractivity contribution in [2.75, 3.05) is 37.2 Å². The molecule has 3 N–H and O–H groups in total. The number of anilines is 3. The Labute approximate surface area is 124 Å². The predicted molar refractivity (Wildman–Crippen MR) is 86.1 cm³/mol. The van der Waals surface area contributed by atoms with Gasteiger partial charge < -0.3 is 20.7 Å². The number of nitrogens with two attached hydrogens (primary N) is 1. The van der Waals surface area contributed by atoms with E-state index in [0.717, 1.165) is 5.69 Å². The Morgan fingerprint density at radius 1 is 1.19 bits per heavy atom. The van der Waals surface area contributed by atoms with E-state index in [1.807, 2.05) is 43.3 Å². The second-order valence-corrected chi connectivity index (χ2v) is 4.86. The van der Waals surface area contributed by atoms with Gasteiger partial charge in [0.15, 0.2) is 0 Å². The average molecular weight is 285 g/mol. The number of ether oxygens (including phenoxy) is 1. The van der Waals surface area contributed by atoms with E-state index in [2.05, 4.69) is 5.32 Å². The van der Waals surface area contributed by atoms with Crippen LogP contribution in [0.15, 0.2) is 42.5 Å². The fraction of sp³-hybridized carbons (Fsp3) is 0.188. The fourth-order valence-corrected chi connectivity index (χ4v) is 2.02. The van der Waals surface area contributed by atoms with E-state index < -0.39 is 0 Å². The minimum Gasteiger partial charge on any atom is -0.497 e. The third kappa shape index (κ3) is 3.45. The van der Waals surface area contributed by atoms with Crippen LogP contribution in [0, 0.1) is 0 Å². The van der Waals surface area contributed by atoms with E-state index in [-0.39, 0.29) is 5.91 Å². The topological polar surface area (TPSA) is 67.6 Å². The van der Waals surface area contributed by atoms with E-state index in [1.54, 1.807) is 25.3 Å². The first-order chi connectivity index (χ1) is 10.0. The van der Waals surface area contributed by atoms with Crippen LogP contribution in [0.2, 0.25) is 0 Å². The summed E-state index contributed by atoms with van der Waals surface area (Å²) in [6, 6.07) is 12.5. The Morgan fingerprint density at radius 3 is 2.62 bits per heavy atom. The monoisotopic (exact) mass is 285 g/mol. The number of hydrogen-bond acceptors (Lipinski definition) is 4. The SMILES string of the molecule is COc1cccc(NC(=O)c2cc(N)ccc2N(C)C)c1. The summed E-state index contributed by atoms with van der Waals surface area (Å²) >= 11 is 0. The highest BCUT2D eigenvalue weighted by atomic mass is 16.5. The van der Waals surface area contributed by atoms with Gasteiger partial charge in [-0.25, -0.2) is 0 Å². The van der Waals surface area contributed by atoms with E-state index in [4.69, 9.17) is 10.5 Å². The average Bonchev–Trinajstić information content (AvgIpc) is 2.47. The number of hydrogen-bond donors (Lipinski definition) is 2. The maximum Gasteiger partial charge on any atom is 0.257 e. The van der Waals surface area contributed by atoms with Crippen molar-refractivity contribution in [3.8, 4) is 5.75 Å². The van der Waals surface area contributed by atoms with Crippen molar-refractivity contribution >= 4 is 23.0 Å². The molecule has 2 aromatic carbocycles. The van der Waals surface area contributed by atoms with Gasteiger partial charge in [0.25, 0.3) is 5.91 Å². The lowest BCUT2D eigenvalue weighted by Crippen LogP contribution is -2.18. The number of amides is 1. The third-order valence-corrected chi connectivity index (χ3v) is 3.07. The molecule has 0 unspecified atom stereocenters. The van der Waals surface area contributed by atoms with Gasteiger partial charge in [0, 0.05) is 37.2 Å². The van der Waals surface area contributed by atoms with Crippen LogP contribution in [0.4, 0.5) is 17.1 Å². The van der Waals surface area contributed by atoms with Gasteiger partial charge >= 0.3 is 0 Å². The molecule has 5 nitrogen and oxygen atoms in total. The molecule has 0 aliphatic rings. The van der Waals surface area contributed by atoms with Crippen molar-refractivity contribution in [2.45, 2.75) is 0 Å². The Kier molecular flexibility index (Phi) is 4.33. The minimum atomic E-state index is -0.209. The summed E-state index contributed by atoms with van der Waals surface area (Å²) in [7, 11) is 5.35. The van der Waals surface area contributed by atoms with Crippen molar-refractivity contribution in [1.29, 1.82) is 0 Å². The molecular formula is C16H19N3O2. The highest BCUT2D eigenvalue weighted by molar-refractivity contribution is 6.08. The van der Waals surface area contributed by atoms with Gasteiger partial charge in [-0.15, -0.1) is 0 Å². The summed E-state index contributed by atoms with van der Waals surface area (Å²) in [5.41, 5.74) is 8.35. The third-order valence-electron chi connectivity index (χ3n) is 3.07. The highest BCUT2D eigenvalue weighted by Crippen LogP contribution is 2.23. The van der Waals surface area contributed by atoms with Gasteiger partial charge in [0.05, 0.1) is 12.7 Å². The molecule has 2 rings (SSSR count). The zero-order valence-electron chi connectivity index (χ0n) is 12.4. The van der Waals surface area contributed by atoms with E-state index in [9.17, 15) is 4.79 Å². The molecule has 2 aromatic rings. The Hall–Kier alpha value is -2.69. The van der Waals surface area contributed by atoms with Gasteiger partial charge in [0.2, 0.25) is 0 Å². The molecule has 0 fully saturated rings. The van der Waals surface area contributed by atoms with Crippen LogP contribution >= 0.6 is 0 Å². The lowest BCUT2D eigenvalue weighted by molar-refractivity contribution is 0.102. The zero-order valence-corrected chi connectivity index (χ0v) is 12.4. The summed E-state index contributed by atoms with van der Waals surface area (Å²) in [6.45, 7) is 0. The molecule has 0 aromatic heterocycles. The molecule has 0 heterocycles. The smallest absolute Gasteiger partial charge is 0.257 e. The van der Waals surface area contributed by atoms with E-state index in [0.29, 0.717) is 22.7 Å². The van der Waals surface area contributed by atoms with Crippen molar-refractivity contribution in [3.05, 3.63) is 48.0 Å². The van der Waals surface area contributed by atoms with Crippen LogP contribution in [-0.2, 0) is 0 Å². The molecule has 0 aliphatic heterocycles. The maximum atomic E-state index is 12.5. The zero-order chi connectivity index (χ0) is 15.4. The number of nitrogen functional groups attached to an aromatic ring is 1. The van der Waals surface area contributed by atoms with Crippen molar-refractivity contribution in [1.82, 2.24) is 0 Å². The van der Waals surface area contributed by atoms with Gasteiger partial charge in [-0.2, -0.15) is 0 Å². The molecule has 1 amide bonds. The van der Waals surface area contributed by atoms with Crippen LogP contribution in [0.1, 0.15) is 10.4 Å². The van der Waals surface area contributed by atoms with Crippen LogP contribution in [0.5, 0.6) is 5.75 Å². The molecule has 0 spiro atoms. The van der Waals surface area contributed by atoms with Gasteiger partial charge in [-0.1, -0.05) is 6.07 Å². The summed E-state index contributed by atoms with van der Waals surface area (Å²) in [5.74, 6) is 0.479. The molecule has 0 atom stereocenters. The van der Waals surface area contributed by atoms with Crippen LogP contribution in [0.25, 0.3) is 0 Å². The first-order valence-electron chi connectivity index (χ1n) is 6.53. The van der Waals surface area contributed by atoms with Gasteiger partial charge in [0.1, 0.15) is 5.75 Å². The number of carbonyl (C=O) groups is 1. The highest BCUT2D eigenvalue weighted by Gasteiger charge is 2.14. The number of methoxy groups -OCH3 is 1. The summed E-state index contributed by atoms with van der Waals surface area (Å²) in [4.78, 5) is 14.3. The second-order valence-electron chi connectivity index (χ2n) is 4.86. The molecule has 110 valence electrons. The van der Waals surface area contributed by atoms with Crippen LogP contribution in [-0.4, -0.2) is 27.1 Å². The number of rotatable bonds is 4. The number of carbonyl (C=O) groups excluding carboxylic acids is 1. The lowest BCUT2D eigenvalue weighted by atomic mass is 10.1. The second kappa shape index (κ2) is 6.17. The molecule has 0 radical (unpaired) electrons. The summed E-state index contributed by atoms with van der Waals surface area (Å²) in [6.07, 6.45) is 0. The van der Waals surface area contributed by atoms with Crippen LogP contribution < -0.4 is 20.7 Å². The van der Waals surface area contributed by atoms with Crippen molar-refractivity contribution in [2.24, 2.45) is 0 Å². The Bertz CT molecular complexity index is 654. The molecule has 5 heteroatoms. The fourth-order valence-electron chi connectivity index (χ4n) is 2.02. The van der Waals surface area contributed by atoms with E-state index >= 15 is 0 Å². The largest absolute Gasteiger partial charge is 0.497 e. The maximum absolute atomic E-state index is 12.5. The molecule has 21 heavy (non-hydrogen) atoms. The molecule has 0 saturated carbocycles. The molecule has 0 bridgehead atoms. The molecular weight excluding hydrogens is 266 g/mol. The Balaban J connectivity index is 2.29. The predicted octanol–water partition coefficient (Wildman–Crippen LogP) is 2.60. The molecule has 0 saturated heterocycles. The Morgan fingerprint density at radius 2 is 1.95 bits per heavy atom. The first-order valence-corrected chi connectivity index (χ1v) is 6.53. The summed E-state index contributed by atoms with van der Waals surface area (Å²) in [5, 5.41) is 2.85. The standard InChI is InChI=1S/C16H19N3O2/c1-19(2)15-8-7-11(17)9-14(15)16(20)18-12-5-4-6-13(10-12)21-3/h4-10H,17H2,1-3H3,(H,18,20). The van der Waals surface area contributed by atoms with Crippen molar-refractivity contribution < 1.29 is 9.53 Å². The molecule has 0 aliphatic carbocycles. The first kappa shape index (κ1) is 14.7. The van der Waals surface area contributed by atoms with Gasteiger partial charge in [-0.05, 0) is 30.3 Å². The van der Waals surface area contributed by atoms with Gasteiger partial charge in [-0.3, -0.25) is 4.79 Å². The number of benzene rings is 2. The quantitative estimate of drug-likeness (QED) is 0.847. The number of nitrogens with zero attached hydrogens (tertiary/aromatic N) is 1. The summed E-state index contributed by atoms with van der Waals surface area (Å²) < 4.78 is 5.14. The van der Waals surface area contributed by atoms with Crippen LogP contribution in [0.3, 0.4) is 0 Å². The van der Waals surface area contributed by atoms with Crippen molar-refractivity contribution in [3.63, 3.8) is 0 Å². The normalized spacial score (nSPS) is 10.0. The minimum absolute atomic E-state index is 0.209. The van der Waals surface area contributed by atoms with E-state index in [1.165, 1.54) is 0 Å².